The van der Waals surface area contributed by atoms with Crippen LogP contribution in [0.3, 0.4) is 0 Å². The molecule has 3 aromatic rings. The van der Waals surface area contributed by atoms with Gasteiger partial charge in [-0.1, -0.05) is 31.5 Å². The highest BCUT2D eigenvalue weighted by Crippen LogP contribution is 2.40. The Hall–Kier alpha value is -5.89. The average molecular weight is 858 g/mol. The fourth-order valence-corrected chi connectivity index (χ4v) is 5.47. The number of hydrogen-bond donors (Lipinski definition) is 4. The summed E-state index contributed by atoms with van der Waals surface area (Å²) in [5, 5.41) is 31.2. The maximum atomic E-state index is 13.8. The maximum absolute atomic E-state index is 13.8. The lowest BCUT2D eigenvalue weighted by Gasteiger charge is -2.35. The average Bonchev–Trinajstić information content (AvgIpc) is 3.52. The van der Waals surface area contributed by atoms with Crippen LogP contribution in [0.2, 0.25) is 0 Å². The van der Waals surface area contributed by atoms with Gasteiger partial charge >= 0.3 is 36.4 Å². The lowest BCUT2D eigenvalue weighted by molar-refractivity contribution is -0.193. The molecule has 23 heteroatoms. The van der Waals surface area contributed by atoms with Crippen LogP contribution in [0.25, 0.3) is 0 Å². The summed E-state index contributed by atoms with van der Waals surface area (Å²) in [6.07, 6.45) is -8.38. The molecule has 4 rings (SSSR count). The molecule has 1 aliphatic heterocycles. The van der Waals surface area contributed by atoms with Crippen molar-refractivity contribution in [2.45, 2.75) is 69.0 Å². The van der Waals surface area contributed by atoms with Gasteiger partial charge in [0, 0.05) is 27.2 Å². The quantitative estimate of drug-likeness (QED) is 0.169. The molecule has 59 heavy (non-hydrogen) atoms. The first-order valence-electron chi connectivity index (χ1n) is 16.9. The van der Waals surface area contributed by atoms with Crippen LogP contribution in [0.15, 0.2) is 55.0 Å². The predicted octanol–water partition coefficient (Wildman–Crippen LogP) is 6.51. The Balaban J connectivity index is 0.000000678. The summed E-state index contributed by atoms with van der Waals surface area (Å²) in [6, 6.07) is 15.3. The number of imidazole rings is 1. The van der Waals surface area contributed by atoms with Crippen molar-refractivity contribution in [1.82, 2.24) is 14.5 Å². The largest absolute Gasteiger partial charge is 0.490 e. The molecule has 14 nitrogen and oxygen atoms in total. The number of benzene rings is 2. The number of aromatic nitrogens is 2. The molecule has 1 unspecified atom stereocenters. The van der Waals surface area contributed by atoms with Crippen molar-refractivity contribution < 1.29 is 83.5 Å². The number of carboxylic acid groups (broad SMARTS) is 3. The van der Waals surface area contributed by atoms with Gasteiger partial charge in [-0.25, -0.2) is 19.4 Å². The number of carbonyl (C=O) groups is 4. The standard InChI is InChI=1S/C30H37N5O3.3C2HF3O2/c1-5-30(13-6-7-14-35(28(30)36)15-16-37-4)24-9-8-10-25(17-24)38-26-18-23(12-11-22(26)19-31)29(2,32)27-20-33-21-34(27)3;3*3-2(4,5)1(6)7/h8-12,17-18,20-21H,5-7,13-16,32H2,1-4H3;3*(H,6,7)/t29?,30-;;;/m1.../s1. The molecule has 0 aliphatic carbocycles. The van der Waals surface area contributed by atoms with Crippen LogP contribution in [-0.4, -0.2) is 98.9 Å². The van der Waals surface area contributed by atoms with Crippen LogP contribution in [0.5, 0.6) is 11.5 Å². The first-order valence-corrected chi connectivity index (χ1v) is 16.9. The predicted molar refractivity (Wildman–Crippen MR) is 187 cm³/mol. The molecule has 326 valence electrons. The van der Waals surface area contributed by atoms with Crippen LogP contribution in [0.1, 0.15) is 61.9 Å². The summed E-state index contributed by atoms with van der Waals surface area (Å²) in [5.74, 6) is -7.14. The van der Waals surface area contributed by atoms with E-state index in [9.17, 15) is 49.6 Å². The van der Waals surface area contributed by atoms with Crippen LogP contribution < -0.4 is 10.5 Å². The summed E-state index contributed by atoms with van der Waals surface area (Å²) in [7, 11) is 3.55. The Morgan fingerprint density at radius 1 is 0.932 bits per heavy atom. The molecule has 2 heterocycles. The number of aryl methyl sites for hydroxylation is 1. The fraction of sp³-hybridized carbons (Fsp3) is 0.444. The van der Waals surface area contributed by atoms with E-state index in [1.54, 1.807) is 25.7 Å². The van der Waals surface area contributed by atoms with Crippen molar-refractivity contribution in [1.29, 1.82) is 5.26 Å². The van der Waals surface area contributed by atoms with E-state index in [1.807, 2.05) is 59.8 Å². The minimum absolute atomic E-state index is 0.140. The Morgan fingerprint density at radius 3 is 1.92 bits per heavy atom. The summed E-state index contributed by atoms with van der Waals surface area (Å²) < 4.78 is 109. The molecular weight excluding hydrogens is 817 g/mol. The minimum Gasteiger partial charge on any atom is -0.475 e. The molecule has 0 spiro atoms. The molecule has 1 fully saturated rings. The fourth-order valence-electron chi connectivity index (χ4n) is 5.47. The number of hydrogen-bond acceptors (Lipinski definition) is 9. The van der Waals surface area contributed by atoms with Gasteiger partial charge in [0.15, 0.2) is 0 Å². The molecule has 2 aromatic carbocycles. The zero-order valence-electron chi connectivity index (χ0n) is 31.7. The van der Waals surface area contributed by atoms with Gasteiger partial charge in [0.2, 0.25) is 5.91 Å². The summed E-state index contributed by atoms with van der Waals surface area (Å²) in [6.45, 7) is 5.82. The van der Waals surface area contributed by atoms with Gasteiger partial charge in [0.25, 0.3) is 0 Å². The van der Waals surface area contributed by atoms with Crippen LogP contribution >= 0.6 is 0 Å². The number of methoxy groups -OCH3 is 1. The molecule has 1 aliphatic rings. The number of nitriles is 1. The molecule has 1 aromatic heterocycles. The van der Waals surface area contributed by atoms with Crippen molar-refractivity contribution >= 4 is 23.8 Å². The van der Waals surface area contributed by atoms with Crippen molar-refractivity contribution in [3.8, 4) is 17.6 Å². The Labute approximate surface area is 330 Å². The minimum atomic E-state index is -5.08. The van der Waals surface area contributed by atoms with Crippen LogP contribution in [-0.2, 0) is 41.9 Å². The van der Waals surface area contributed by atoms with Gasteiger partial charge in [-0.05, 0) is 61.6 Å². The SMILES string of the molecule is CC[C@]1(c2cccc(Oc3cc(C(C)(N)c4cncn4C)ccc3C#N)c2)CCCCN(CCOC)C1=O.O=C(O)C(F)(F)F.O=C(O)C(F)(F)F.O=C(O)C(F)(F)F. The Bertz CT molecular complexity index is 1880. The molecule has 0 bridgehead atoms. The van der Waals surface area contributed by atoms with Gasteiger partial charge in [0.1, 0.15) is 17.6 Å². The highest BCUT2D eigenvalue weighted by Gasteiger charge is 2.43. The normalized spacial score (nSPS) is 16.6. The van der Waals surface area contributed by atoms with Crippen LogP contribution in [0, 0.1) is 11.3 Å². The Kier molecular flexibility index (Phi) is 18.4. The third kappa shape index (κ3) is 14.8. The van der Waals surface area contributed by atoms with Gasteiger partial charge in [0.05, 0.1) is 41.3 Å². The van der Waals surface area contributed by atoms with E-state index in [0.717, 1.165) is 42.6 Å². The van der Waals surface area contributed by atoms with Crippen LogP contribution in [0.4, 0.5) is 39.5 Å². The van der Waals surface area contributed by atoms with Gasteiger partial charge in [-0.2, -0.15) is 44.8 Å². The van der Waals surface area contributed by atoms with Crippen molar-refractivity contribution in [3.05, 3.63) is 77.4 Å². The second-order valence-electron chi connectivity index (χ2n) is 12.6. The van der Waals surface area contributed by atoms with Crippen molar-refractivity contribution in [3.63, 3.8) is 0 Å². The molecule has 1 amide bonds. The van der Waals surface area contributed by atoms with E-state index in [2.05, 4.69) is 18.0 Å². The lowest BCUT2D eigenvalue weighted by atomic mass is 9.73. The monoisotopic (exact) mass is 857 g/mol. The third-order valence-electron chi connectivity index (χ3n) is 8.54. The van der Waals surface area contributed by atoms with Gasteiger partial charge in [-0.15, -0.1) is 0 Å². The number of likely N-dealkylation sites (tertiary alicyclic amines) is 1. The van der Waals surface area contributed by atoms with E-state index in [-0.39, 0.29) is 5.91 Å². The first-order chi connectivity index (χ1) is 27.1. The Morgan fingerprint density at radius 2 is 1.47 bits per heavy atom. The topological polar surface area (TPSA) is 218 Å². The first kappa shape index (κ1) is 51.1. The van der Waals surface area contributed by atoms with E-state index in [4.69, 9.17) is 44.9 Å². The molecule has 5 N–H and O–H groups in total. The number of ether oxygens (including phenoxy) is 2. The lowest BCUT2D eigenvalue weighted by Crippen LogP contribution is -2.46. The molecule has 2 atom stereocenters. The van der Waals surface area contributed by atoms with E-state index in [0.29, 0.717) is 36.6 Å². The number of aliphatic carboxylic acids is 3. The van der Waals surface area contributed by atoms with E-state index < -0.39 is 47.4 Å². The number of nitrogens with zero attached hydrogens (tertiary/aromatic N) is 4. The van der Waals surface area contributed by atoms with Gasteiger partial charge in [-0.3, -0.25) is 4.79 Å². The maximum Gasteiger partial charge on any atom is 0.490 e. The number of carbonyl (C=O) groups excluding carboxylic acids is 1. The summed E-state index contributed by atoms with van der Waals surface area (Å²) >= 11 is 0. The number of rotatable bonds is 9. The number of carboxylic acids is 3. The third-order valence-corrected chi connectivity index (χ3v) is 8.54. The van der Waals surface area contributed by atoms with Crippen molar-refractivity contribution in [2.75, 3.05) is 26.8 Å². The smallest absolute Gasteiger partial charge is 0.475 e. The second-order valence-corrected chi connectivity index (χ2v) is 12.6. The number of halogens is 9. The number of alkyl halides is 9. The highest BCUT2D eigenvalue weighted by atomic mass is 19.4. The van der Waals surface area contributed by atoms with Crippen molar-refractivity contribution in [2.24, 2.45) is 12.8 Å². The second kappa shape index (κ2) is 21.2. The zero-order chi connectivity index (χ0) is 45.6. The number of nitrogens with two attached hydrogens (primary N) is 1. The molecule has 0 radical (unpaired) electrons. The number of amides is 1. The molecule has 1 saturated heterocycles. The summed E-state index contributed by atoms with van der Waals surface area (Å²) in [5.41, 5.74) is 8.24. The van der Waals surface area contributed by atoms with Gasteiger partial charge < -0.3 is 40.0 Å². The zero-order valence-corrected chi connectivity index (χ0v) is 31.7. The molecule has 0 saturated carbocycles. The highest BCUT2D eigenvalue weighted by molar-refractivity contribution is 5.88. The van der Waals surface area contributed by atoms with E-state index >= 15 is 0 Å². The van der Waals surface area contributed by atoms with E-state index in [1.165, 1.54) is 0 Å². The summed E-state index contributed by atoms with van der Waals surface area (Å²) in [4.78, 5) is 46.7. The molecular formula is C36H40F9N5O9.